The molecule has 0 spiro atoms. The van der Waals surface area contributed by atoms with Crippen molar-refractivity contribution in [3.8, 4) is 0 Å². The second kappa shape index (κ2) is 9.87. The highest BCUT2D eigenvalue weighted by atomic mass is 127. The SMILES string of the molecule is CN=C(NCC(C)(C)CC(C)C)N(C)CC1CCOC1.I. The molecule has 4 nitrogen and oxygen atoms in total. The van der Waals surface area contributed by atoms with E-state index in [1.807, 2.05) is 7.05 Å². The molecule has 0 bridgehead atoms. The van der Waals surface area contributed by atoms with Gasteiger partial charge in [-0.3, -0.25) is 4.99 Å². The van der Waals surface area contributed by atoms with Crippen LogP contribution in [0.1, 0.15) is 40.5 Å². The maximum atomic E-state index is 5.44. The number of hydrogen-bond donors (Lipinski definition) is 1. The van der Waals surface area contributed by atoms with Gasteiger partial charge in [-0.05, 0) is 24.2 Å². The Morgan fingerprint density at radius 2 is 2.10 bits per heavy atom. The molecule has 0 aromatic carbocycles. The minimum atomic E-state index is 0. The molecule has 1 aliphatic heterocycles. The number of guanidine groups is 1. The molecule has 0 aromatic heterocycles. The summed E-state index contributed by atoms with van der Waals surface area (Å²) < 4.78 is 5.44. The normalized spacial score (nSPS) is 19.6. The van der Waals surface area contributed by atoms with Crippen molar-refractivity contribution in [3.63, 3.8) is 0 Å². The Hall–Kier alpha value is -0.0400. The van der Waals surface area contributed by atoms with Crippen molar-refractivity contribution in [2.45, 2.75) is 40.5 Å². The molecule has 1 N–H and O–H groups in total. The van der Waals surface area contributed by atoms with Crippen LogP contribution >= 0.6 is 24.0 Å². The topological polar surface area (TPSA) is 36.9 Å². The summed E-state index contributed by atoms with van der Waals surface area (Å²) >= 11 is 0. The minimum Gasteiger partial charge on any atom is -0.381 e. The van der Waals surface area contributed by atoms with E-state index in [0.29, 0.717) is 11.3 Å². The van der Waals surface area contributed by atoms with Crippen LogP contribution < -0.4 is 5.32 Å². The van der Waals surface area contributed by atoms with Gasteiger partial charge in [-0.15, -0.1) is 24.0 Å². The molecule has 1 unspecified atom stereocenters. The molecule has 0 saturated carbocycles. The van der Waals surface area contributed by atoms with E-state index in [1.54, 1.807) is 0 Å². The average Bonchev–Trinajstić information content (AvgIpc) is 2.80. The highest BCUT2D eigenvalue weighted by Gasteiger charge is 2.22. The molecule has 1 rings (SSSR count). The first kappa shape index (κ1) is 21.0. The summed E-state index contributed by atoms with van der Waals surface area (Å²) in [6.07, 6.45) is 2.39. The third kappa shape index (κ3) is 8.24. The molecule has 1 fully saturated rings. The first-order chi connectivity index (χ1) is 9.34. The van der Waals surface area contributed by atoms with Crippen LogP contribution in [0.3, 0.4) is 0 Å². The van der Waals surface area contributed by atoms with Crippen molar-refractivity contribution in [1.82, 2.24) is 10.2 Å². The van der Waals surface area contributed by atoms with Gasteiger partial charge in [0.2, 0.25) is 0 Å². The number of hydrogen-bond acceptors (Lipinski definition) is 2. The highest BCUT2D eigenvalue weighted by molar-refractivity contribution is 14.0. The maximum absolute atomic E-state index is 5.44. The summed E-state index contributed by atoms with van der Waals surface area (Å²) in [7, 11) is 3.97. The molecule has 126 valence electrons. The van der Waals surface area contributed by atoms with Gasteiger partial charge in [0.1, 0.15) is 0 Å². The maximum Gasteiger partial charge on any atom is 0.193 e. The fourth-order valence-electron chi connectivity index (χ4n) is 3.08. The summed E-state index contributed by atoms with van der Waals surface area (Å²) in [4.78, 5) is 6.63. The zero-order chi connectivity index (χ0) is 15.2. The van der Waals surface area contributed by atoms with E-state index in [1.165, 1.54) is 12.8 Å². The third-order valence-corrected chi connectivity index (χ3v) is 3.82. The third-order valence-electron chi connectivity index (χ3n) is 3.82. The summed E-state index contributed by atoms with van der Waals surface area (Å²) in [6.45, 7) is 13.0. The monoisotopic (exact) mass is 411 g/mol. The number of nitrogens with one attached hydrogen (secondary N) is 1. The molecular formula is C16H34IN3O. The molecule has 5 heteroatoms. The Kier molecular flexibility index (Phi) is 9.85. The van der Waals surface area contributed by atoms with Crippen LogP contribution in [-0.4, -0.2) is 51.3 Å². The number of ether oxygens (including phenoxy) is 1. The minimum absolute atomic E-state index is 0. The van der Waals surface area contributed by atoms with Crippen molar-refractivity contribution >= 4 is 29.9 Å². The lowest BCUT2D eigenvalue weighted by atomic mass is 9.84. The van der Waals surface area contributed by atoms with E-state index in [-0.39, 0.29) is 24.0 Å². The van der Waals surface area contributed by atoms with Gasteiger partial charge in [0.25, 0.3) is 0 Å². The molecule has 1 aliphatic rings. The number of nitrogens with zero attached hydrogens (tertiary/aromatic N) is 2. The lowest BCUT2D eigenvalue weighted by Crippen LogP contribution is -2.45. The van der Waals surface area contributed by atoms with Crippen LogP contribution in [-0.2, 0) is 4.74 Å². The van der Waals surface area contributed by atoms with Crippen molar-refractivity contribution in [2.24, 2.45) is 22.2 Å². The molecule has 0 aliphatic carbocycles. The fraction of sp³-hybridized carbons (Fsp3) is 0.938. The Balaban J connectivity index is 0.00000400. The van der Waals surface area contributed by atoms with E-state index >= 15 is 0 Å². The van der Waals surface area contributed by atoms with Crippen LogP contribution in [0.15, 0.2) is 4.99 Å². The van der Waals surface area contributed by atoms with Crippen LogP contribution in [0.4, 0.5) is 0 Å². The van der Waals surface area contributed by atoms with E-state index in [9.17, 15) is 0 Å². The van der Waals surface area contributed by atoms with Crippen LogP contribution in [0, 0.1) is 17.3 Å². The molecule has 0 radical (unpaired) electrons. The van der Waals surface area contributed by atoms with Crippen LogP contribution in [0.2, 0.25) is 0 Å². The van der Waals surface area contributed by atoms with E-state index in [4.69, 9.17) is 4.74 Å². The molecule has 1 saturated heterocycles. The smallest absolute Gasteiger partial charge is 0.193 e. The predicted molar refractivity (Wildman–Crippen MR) is 102 cm³/mol. The van der Waals surface area contributed by atoms with Gasteiger partial charge in [0.15, 0.2) is 5.96 Å². The first-order valence-corrected chi connectivity index (χ1v) is 7.83. The van der Waals surface area contributed by atoms with Crippen LogP contribution in [0.5, 0.6) is 0 Å². The molecule has 21 heavy (non-hydrogen) atoms. The van der Waals surface area contributed by atoms with Crippen molar-refractivity contribution < 1.29 is 4.74 Å². The van der Waals surface area contributed by atoms with Crippen LogP contribution in [0.25, 0.3) is 0 Å². The largest absolute Gasteiger partial charge is 0.381 e. The standard InChI is InChI=1S/C16H33N3O.HI/c1-13(2)9-16(3,4)12-18-15(17-5)19(6)10-14-7-8-20-11-14;/h13-14H,7-12H2,1-6H3,(H,17,18);1H. The molecule has 0 amide bonds. The van der Waals surface area contributed by atoms with E-state index in [2.05, 4.69) is 50.0 Å². The Morgan fingerprint density at radius 3 is 2.57 bits per heavy atom. The fourth-order valence-corrected chi connectivity index (χ4v) is 3.08. The van der Waals surface area contributed by atoms with Gasteiger partial charge in [-0.1, -0.05) is 27.7 Å². The van der Waals surface area contributed by atoms with Gasteiger partial charge in [-0.2, -0.15) is 0 Å². The van der Waals surface area contributed by atoms with Gasteiger partial charge in [0.05, 0.1) is 6.61 Å². The Bertz CT molecular complexity index is 313. The number of halogens is 1. The Labute approximate surface area is 148 Å². The second-order valence-corrected chi connectivity index (χ2v) is 7.27. The van der Waals surface area contributed by atoms with Gasteiger partial charge in [0, 0.05) is 39.7 Å². The van der Waals surface area contributed by atoms with Gasteiger partial charge < -0.3 is 15.0 Å². The number of rotatable bonds is 6. The lowest BCUT2D eigenvalue weighted by molar-refractivity contribution is 0.181. The van der Waals surface area contributed by atoms with Gasteiger partial charge >= 0.3 is 0 Å². The Morgan fingerprint density at radius 1 is 1.43 bits per heavy atom. The zero-order valence-corrected chi connectivity index (χ0v) is 16.9. The summed E-state index contributed by atoms with van der Waals surface area (Å²) in [6, 6.07) is 0. The zero-order valence-electron chi connectivity index (χ0n) is 14.6. The summed E-state index contributed by atoms with van der Waals surface area (Å²) in [5, 5.41) is 3.52. The summed E-state index contributed by atoms with van der Waals surface area (Å²) in [5.41, 5.74) is 0.293. The van der Waals surface area contributed by atoms with Crippen molar-refractivity contribution in [2.75, 3.05) is 40.4 Å². The molecule has 1 heterocycles. The lowest BCUT2D eigenvalue weighted by Gasteiger charge is -2.30. The van der Waals surface area contributed by atoms with Crippen molar-refractivity contribution in [3.05, 3.63) is 0 Å². The predicted octanol–water partition coefficient (Wildman–Crippen LogP) is 3.22. The quantitative estimate of drug-likeness (QED) is 0.414. The average molecular weight is 411 g/mol. The van der Waals surface area contributed by atoms with Crippen molar-refractivity contribution in [1.29, 1.82) is 0 Å². The first-order valence-electron chi connectivity index (χ1n) is 7.83. The summed E-state index contributed by atoms with van der Waals surface area (Å²) in [5.74, 6) is 2.36. The molecular weight excluding hydrogens is 377 g/mol. The van der Waals surface area contributed by atoms with Gasteiger partial charge in [-0.25, -0.2) is 0 Å². The highest BCUT2D eigenvalue weighted by Crippen LogP contribution is 2.24. The molecule has 0 aromatic rings. The molecule has 1 atom stereocenters. The second-order valence-electron chi connectivity index (χ2n) is 7.27. The van der Waals surface area contributed by atoms with E-state index in [0.717, 1.165) is 38.2 Å². The number of aliphatic imine (C=N–C) groups is 1. The van der Waals surface area contributed by atoms with E-state index < -0.39 is 0 Å².